The first-order valence-electron chi connectivity index (χ1n) is 11.8. The fourth-order valence-corrected chi connectivity index (χ4v) is 4.13. The van der Waals surface area contributed by atoms with Crippen LogP contribution < -0.4 is 9.47 Å². The number of nitrogens with zero attached hydrogens (tertiary/aromatic N) is 2. The number of para-hydroxylation sites is 1. The standard InChI is InChI=1S/C28H32N2O4/c1-32-27-9-3-2-7-24(27)12-15-28(31)30(20-23-6-4-16-29-18-23)19-22-10-13-25(14-11-22)34-21-26-8-5-17-33-26/h2-4,6-7,9-11,13-14,16,18,26H,5,8,12,15,17,19-21H2,1H3/t26-/m1/s1. The van der Waals surface area contributed by atoms with Crippen molar-refractivity contribution < 1.29 is 19.0 Å². The van der Waals surface area contributed by atoms with Gasteiger partial charge in [-0.1, -0.05) is 36.4 Å². The highest BCUT2D eigenvalue weighted by Crippen LogP contribution is 2.21. The summed E-state index contributed by atoms with van der Waals surface area (Å²) in [4.78, 5) is 19.4. The van der Waals surface area contributed by atoms with Gasteiger partial charge >= 0.3 is 0 Å². The van der Waals surface area contributed by atoms with Crippen LogP contribution in [0.2, 0.25) is 0 Å². The lowest BCUT2D eigenvalue weighted by Gasteiger charge is -2.23. The van der Waals surface area contributed by atoms with Crippen molar-refractivity contribution in [3.63, 3.8) is 0 Å². The lowest BCUT2D eigenvalue weighted by molar-refractivity contribution is -0.132. The normalized spacial score (nSPS) is 15.1. The van der Waals surface area contributed by atoms with Crippen molar-refractivity contribution >= 4 is 5.91 Å². The van der Waals surface area contributed by atoms with E-state index in [2.05, 4.69) is 4.98 Å². The lowest BCUT2D eigenvalue weighted by atomic mass is 10.1. The Bertz CT molecular complexity index is 1030. The minimum atomic E-state index is 0.0912. The third-order valence-corrected chi connectivity index (χ3v) is 6.01. The summed E-state index contributed by atoms with van der Waals surface area (Å²) in [6.45, 7) is 2.43. The van der Waals surface area contributed by atoms with Gasteiger partial charge in [0.2, 0.25) is 5.91 Å². The number of ether oxygens (including phenoxy) is 3. The molecule has 1 fully saturated rings. The molecule has 1 amide bonds. The number of rotatable bonds is 11. The van der Waals surface area contributed by atoms with Crippen LogP contribution in [-0.2, 0) is 29.0 Å². The maximum Gasteiger partial charge on any atom is 0.223 e. The predicted octanol–water partition coefficient (Wildman–Crippen LogP) is 4.81. The summed E-state index contributed by atoms with van der Waals surface area (Å²) in [7, 11) is 1.66. The van der Waals surface area contributed by atoms with Gasteiger partial charge in [-0.3, -0.25) is 9.78 Å². The molecule has 0 bridgehead atoms. The summed E-state index contributed by atoms with van der Waals surface area (Å²) < 4.78 is 16.9. The Morgan fingerprint density at radius 3 is 2.62 bits per heavy atom. The van der Waals surface area contributed by atoms with Crippen molar-refractivity contribution in [2.45, 2.75) is 44.9 Å². The second kappa shape index (κ2) is 12.2. The summed E-state index contributed by atoms with van der Waals surface area (Å²) in [5, 5.41) is 0. The van der Waals surface area contributed by atoms with Crippen molar-refractivity contribution in [3.8, 4) is 11.5 Å². The zero-order valence-corrected chi connectivity index (χ0v) is 19.7. The molecule has 1 aromatic heterocycles. The van der Waals surface area contributed by atoms with E-state index in [1.165, 1.54) is 0 Å². The summed E-state index contributed by atoms with van der Waals surface area (Å²) >= 11 is 0. The molecule has 1 aliphatic rings. The number of methoxy groups -OCH3 is 1. The van der Waals surface area contributed by atoms with Gasteiger partial charge in [-0.05, 0) is 60.2 Å². The van der Waals surface area contributed by atoms with Crippen molar-refractivity contribution in [1.82, 2.24) is 9.88 Å². The molecule has 34 heavy (non-hydrogen) atoms. The number of hydrogen-bond donors (Lipinski definition) is 0. The lowest BCUT2D eigenvalue weighted by Crippen LogP contribution is -2.30. The zero-order chi connectivity index (χ0) is 23.6. The predicted molar refractivity (Wildman–Crippen MR) is 131 cm³/mol. The fourth-order valence-electron chi connectivity index (χ4n) is 4.13. The Balaban J connectivity index is 1.40. The highest BCUT2D eigenvalue weighted by molar-refractivity contribution is 5.76. The Labute approximate surface area is 201 Å². The number of carbonyl (C=O) groups is 1. The van der Waals surface area contributed by atoms with Crippen LogP contribution in [0, 0.1) is 0 Å². The Morgan fingerprint density at radius 1 is 1.06 bits per heavy atom. The molecule has 1 saturated heterocycles. The molecule has 0 spiro atoms. The first-order chi connectivity index (χ1) is 16.7. The molecule has 0 N–H and O–H groups in total. The molecular formula is C28H32N2O4. The van der Waals surface area contributed by atoms with E-state index in [1.54, 1.807) is 13.3 Å². The molecule has 6 heteroatoms. The van der Waals surface area contributed by atoms with Gasteiger partial charge in [0.25, 0.3) is 0 Å². The monoisotopic (exact) mass is 460 g/mol. The van der Waals surface area contributed by atoms with E-state index in [0.717, 1.165) is 47.6 Å². The second-order valence-electron chi connectivity index (χ2n) is 8.51. The summed E-state index contributed by atoms with van der Waals surface area (Å²) in [5.41, 5.74) is 3.09. The third-order valence-electron chi connectivity index (χ3n) is 6.01. The molecule has 178 valence electrons. The second-order valence-corrected chi connectivity index (χ2v) is 8.51. The Morgan fingerprint density at radius 2 is 1.88 bits per heavy atom. The van der Waals surface area contributed by atoms with Gasteiger partial charge in [-0.15, -0.1) is 0 Å². The van der Waals surface area contributed by atoms with Gasteiger partial charge in [0.15, 0.2) is 0 Å². The number of amides is 1. The van der Waals surface area contributed by atoms with Crippen LogP contribution in [-0.4, -0.2) is 42.2 Å². The van der Waals surface area contributed by atoms with E-state index in [0.29, 0.717) is 32.5 Å². The SMILES string of the molecule is COc1ccccc1CCC(=O)N(Cc1ccc(OC[C@H]2CCCO2)cc1)Cc1cccnc1. The number of pyridine rings is 1. The van der Waals surface area contributed by atoms with E-state index >= 15 is 0 Å². The molecule has 2 aromatic carbocycles. The van der Waals surface area contributed by atoms with Crippen molar-refractivity contribution in [2.75, 3.05) is 20.3 Å². The van der Waals surface area contributed by atoms with Crippen LogP contribution in [0.5, 0.6) is 11.5 Å². The Kier molecular flexibility index (Phi) is 8.52. The summed E-state index contributed by atoms with van der Waals surface area (Å²) in [6, 6.07) is 19.7. The zero-order valence-electron chi connectivity index (χ0n) is 19.7. The largest absolute Gasteiger partial charge is 0.496 e. The van der Waals surface area contributed by atoms with Crippen LogP contribution in [0.1, 0.15) is 36.0 Å². The molecule has 0 unspecified atom stereocenters. The van der Waals surface area contributed by atoms with E-state index in [4.69, 9.17) is 14.2 Å². The van der Waals surface area contributed by atoms with Gasteiger partial charge < -0.3 is 19.1 Å². The highest BCUT2D eigenvalue weighted by Gasteiger charge is 2.17. The smallest absolute Gasteiger partial charge is 0.223 e. The maximum absolute atomic E-state index is 13.3. The summed E-state index contributed by atoms with van der Waals surface area (Å²) in [6.07, 6.45) is 6.93. The van der Waals surface area contributed by atoms with Gasteiger partial charge in [0.1, 0.15) is 18.1 Å². The molecule has 0 saturated carbocycles. The minimum Gasteiger partial charge on any atom is -0.496 e. The molecule has 1 aliphatic heterocycles. The van der Waals surface area contributed by atoms with Crippen LogP contribution in [0.4, 0.5) is 0 Å². The van der Waals surface area contributed by atoms with Gasteiger partial charge in [-0.25, -0.2) is 0 Å². The number of carbonyl (C=O) groups excluding carboxylic acids is 1. The molecule has 0 radical (unpaired) electrons. The van der Waals surface area contributed by atoms with Gasteiger partial charge in [0, 0.05) is 38.5 Å². The number of aromatic nitrogens is 1. The van der Waals surface area contributed by atoms with Crippen LogP contribution in [0.3, 0.4) is 0 Å². The molecule has 4 rings (SSSR count). The molecule has 6 nitrogen and oxygen atoms in total. The van der Waals surface area contributed by atoms with Crippen molar-refractivity contribution in [3.05, 3.63) is 89.7 Å². The molecule has 3 aromatic rings. The van der Waals surface area contributed by atoms with E-state index in [-0.39, 0.29) is 12.0 Å². The van der Waals surface area contributed by atoms with E-state index in [1.807, 2.05) is 71.8 Å². The molecule has 1 atom stereocenters. The Hall–Kier alpha value is -3.38. The first-order valence-corrected chi connectivity index (χ1v) is 11.8. The number of hydrogen-bond acceptors (Lipinski definition) is 5. The van der Waals surface area contributed by atoms with E-state index < -0.39 is 0 Å². The van der Waals surface area contributed by atoms with Crippen molar-refractivity contribution in [2.24, 2.45) is 0 Å². The third kappa shape index (κ3) is 6.81. The fraction of sp³-hybridized carbons (Fsp3) is 0.357. The van der Waals surface area contributed by atoms with Crippen molar-refractivity contribution in [1.29, 1.82) is 0 Å². The highest BCUT2D eigenvalue weighted by atomic mass is 16.5. The van der Waals surface area contributed by atoms with Crippen LogP contribution in [0.25, 0.3) is 0 Å². The summed E-state index contributed by atoms with van der Waals surface area (Å²) in [5.74, 6) is 1.72. The maximum atomic E-state index is 13.3. The molecular weight excluding hydrogens is 428 g/mol. The van der Waals surface area contributed by atoms with Gasteiger partial charge in [0.05, 0.1) is 13.2 Å². The average Bonchev–Trinajstić information content (AvgIpc) is 3.41. The minimum absolute atomic E-state index is 0.0912. The molecule has 0 aliphatic carbocycles. The van der Waals surface area contributed by atoms with Crippen LogP contribution in [0.15, 0.2) is 73.1 Å². The first kappa shape index (κ1) is 23.8. The van der Waals surface area contributed by atoms with Crippen LogP contribution >= 0.6 is 0 Å². The topological polar surface area (TPSA) is 60.9 Å². The van der Waals surface area contributed by atoms with Gasteiger partial charge in [-0.2, -0.15) is 0 Å². The van der Waals surface area contributed by atoms with E-state index in [9.17, 15) is 4.79 Å². The quantitative estimate of drug-likeness (QED) is 0.411. The molecule has 2 heterocycles. The number of aryl methyl sites for hydroxylation is 1. The number of benzene rings is 2. The average molecular weight is 461 g/mol.